The molecule has 1 aromatic rings. The molecule has 0 atom stereocenters. The van der Waals surface area contributed by atoms with Crippen LogP contribution in [-0.2, 0) is 9.59 Å². The number of benzene rings is 1. The molecule has 1 N–H and O–H groups in total. The van der Waals surface area contributed by atoms with Gasteiger partial charge >= 0.3 is 0 Å². The van der Waals surface area contributed by atoms with Gasteiger partial charge in [-0.3, -0.25) is 9.59 Å². The molecule has 0 aliphatic carbocycles. The van der Waals surface area contributed by atoms with Crippen LogP contribution in [0.2, 0.25) is 0 Å². The van der Waals surface area contributed by atoms with Gasteiger partial charge in [-0.05, 0) is 24.3 Å². The maximum atomic E-state index is 12.5. The number of para-hydroxylation sites is 2. The van der Waals surface area contributed by atoms with Gasteiger partial charge in [0.05, 0.1) is 11.4 Å². The summed E-state index contributed by atoms with van der Waals surface area (Å²) in [6.07, 6.45) is 1.73. The highest BCUT2D eigenvalue weighted by molar-refractivity contribution is 8.00. The zero-order valence-electron chi connectivity index (χ0n) is 13.5. The van der Waals surface area contributed by atoms with Gasteiger partial charge in [0.2, 0.25) is 11.8 Å². The Labute approximate surface area is 136 Å². The number of hydrogen-bond donors (Lipinski definition) is 1. The van der Waals surface area contributed by atoms with Crippen molar-refractivity contribution in [3.05, 3.63) is 24.3 Å². The van der Waals surface area contributed by atoms with Crippen molar-refractivity contribution in [1.29, 1.82) is 0 Å². The molecule has 2 rings (SSSR count). The van der Waals surface area contributed by atoms with E-state index >= 15 is 0 Å². The standard InChI is InChI=1S/C17H24N2O2S/c1-17(2,3)22-12-6-9-16(21)19-11-10-15(20)18-13-7-4-5-8-14(13)19/h4-5,7-8H,6,9-12H2,1-3H3,(H,18,20). The van der Waals surface area contributed by atoms with E-state index < -0.39 is 0 Å². The van der Waals surface area contributed by atoms with Crippen LogP contribution in [0.1, 0.15) is 40.0 Å². The first-order chi connectivity index (χ1) is 10.4. The van der Waals surface area contributed by atoms with E-state index in [1.165, 1.54) is 0 Å². The van der Waals surface area contributed by atoms with Gasteiger partial charge in [-0.1, -0.05) is 32.9 Å². The Kier molecular flexibility index (Phi) is 5.51. The zero-order chi connectivity index (χ0) is 16.2. The quantitative estimate of drug-likeness (QED) is 0.861. The van der Waals surface area contributed by atoms with Gasteiger partial charge in [0.1, 0.15) is 0 Å². The number of rotatable bonds is 4. The van der Waals surface area contributed by atoms with E-state index in [2.05, 4.69) is 26.1 Å². The Hall–Kier alpha value is -1.49. The average Bonchev–Trinajstić information content (AvgIpc) is 2.60. The van der Waals surface area contributed by atoms with E-state index in [0.29, 0.717) is 19.4 Å². The smallest absolute Gasteiger partial charge is 0.227 e. The van der Waals surface area contributed by atoms with Gasteiger partial charge in [-0.15, -0.1) is 0 Å². The number of nitrogens with one attached hydrogen (secondary N) is 1. The molecule has 0 fully saturated rings. The normalized spacial score (nSPS) is 15.0. The number of carbonyl (C=O) groups is 2. The van der Waals surface area contributed by atoms with E-state index in [-0.39, 0.29) is 16.6 Å². The van der Waals surface area contributed by atoms with Crippen LogP contribution in [0.5, 0.6) is 0 Å². The SMILES string of the molecule is CC(C)(C)SCCCC(=O)N1CCC(=O)Nc2ccccc21. The third kappa shape index (κ3) is 4.77. The van der Waals surface area contributed by atoms with Crippen LogP contribution in [0.4, 0.5) is 11.4 Å². The second-order valence-corrected chi connectivity index (χ2v) is 8.35. The van der Waals surface area contributed by atoms with Crippen LogP contribution in [0.15, 0.2) is 24.3 Å². The lowest BCUT2D eigenvalue weighted by Gasteiger charge is -2.22. The Morgan fingerprint density at radius 2 is 2.05 bits per heavy atom. The molecule has 0 saturated heterocycles. The number of amides is 2. The first-order valence-electron chi connectivity index (χ1n) is 7.70. The maximum absolute atomic E-state index is 12.5. The van der Waals surface area contributed by atoms with Gasteiger partial charge in [0.25, 0.3) is 0 Å². The predicted molar refractivity (Wildman–Crippen MR) is 93.5 cm³/mol. The summed E-state index contributed by atoms with van der Waals surface area (Å²) >= 11 is 1.88. The van der Waals surface area contributed by atoms with Crippen molar-refractivity contribution in [3.8, 4) is 0 Å². The maximum Gasteiger partial charge on any atom is 0.227 e. The average molecular weight is 320 g/mol. The van der Waals surface area contributed by atoms with E-state index in [9.17, 15) is 9.59 Å². The van der Waals surface area contributed by atoms with Crippen molar-refractivity contribution >= 4 is 35.0 Å². The minimum Gasteiger partial charge on any atom is -0.324 e. The molecule has 0 spiro atoms. The topological polar surface area (TPSA) is 49.4 Å². The summed E-state index contributed by atoms with van der Waals surface area (Å²) < 4.78 is 0.231. The number of anilines is 2. The summed E-state index contributed by atoms with van der Waals surface area (Å²) in [7, 11) is 0. The second-order valence-electron chi connectivity index (χ2n) is 6.43. The largest absolute Gasteiger partial charge is 0.324 e. The van der Waals surface area contributed by atoms with Gasteiger partial charge in [-0.25, -0.2) is 0 Å². The summed E-state index contributed by atoms with van der Waals surface area (Å²) in [6, 6.07) is 7.50. The van der Waals surface area contributed by atoms with Gasteiger partial charge in [0.15, 0.2) is 0 Å². The van der Waals surface area contributed by atoms with Crippen LogP contribution in [0.25, 0.3) is 0 Å². The second kappa shape index (κ2) is 7.18. The van der Waals surface area contributed by atoms with E-state index in [4.69, 9.17) is 0 Å². The lowest BCUT2D eigenvalue weighted by molar-refractivity contribution is -0.118. The van der Waals surface area contributed by atoms with Gasteiger partial charge in [-0.2, -0.15) is 11.8 Å². The van der Waals surface area contributed by atoms with Crippen LogP contribution in [0.3, 0.4) is 0 Å². The Morgan fingerprint density at radius 1 is 1.32 bits per heavy atom. The summed E-state index contributed by atoms with van der Waals surface area (Å²) in [5.41, 5.74) is 1.53. The molecule has 1 heterocycles. The fourth-order valence-corrected chi connectivity index (χ4v) is 3.26. The lowest BCUT2D eigenvalue weighted by Crippen LogP contribution is -2.31. The van der Waals surface area contributed by atoms with Crippen molar-refractivity contribution < 1.29 is 9.59 Å². The molecule has 120 valence electrons. The highest BCUT2D eigenvalue weighted by Gasteiger charge is 2.23. The number of nitrogens with zero attached hydrogens (tertiary/aromatic N) is 1. The Morgan fingerprint density at radius 3 is 2.77 bits per heavy atom. The van der Waals surface area contributed by atoms with Crippen LogP contribution < -0.4 is 10.2 Å². The fourth-order valence-electron chi connectivity index (χ4n) is 2.36. The zero-order valence-corrected chi connectivity index (χ0v) is 14.3. The first-order valence-corrected chi connectivity index (χ1v) is 8.68. The first kappa shape index (κ1) is 16.9. The molecule has 0 saturated carbocycles. The van der Waals surface area contributed by atoms with Crippen molar-refractivity contribution in [1.82, 2.24) is 0 Å². The third-order valence-electron chi connectivity index (χ3n) is 3.40. The molecule has 2 amide bonds. The number of hydrogen-bond acceptors (Lipinski definition) is 3. The third-order valence-corrected chi connectivity index (χ3v) is 4.76. The predicted octanol–water partition coefficient (Wildman–Crippen LogP) is 3.67. The van der Waals surface area contributed by atoms with Crippen LogP contribution >= 0.6 is 11.8 Å². The molecular weight excluding hydrogens is 296 g/mol. The highest BCUT2D eigenvalue weighted by atomic mass is 32.2. The van der Waals surface area contributed by atoms with E-state index in [1.54, 1.807) is 4.90 Å². The Balaban J connectivity index is 1.99. The van der Waals surface area contributed by atoms with Crippen molar-refractivity contribution in [2.75, 3.05) is 22.5 Å². The van der Waals surface area contributed by atoms with Crippen molar-refractivity contribution in [2.45, 2.75) is 44.8 Å². The number of fused-ring (bicyclic) bond motifs is 1. The minimum absolute atomic E-state index is 0.0361. The molecule has 1 aliphatic rings. The molecule has 0 aromatic heterocycles. The van der Waals surface area contributed by atoms with Crippen LogP contribution in [0, 0.1) is 0 Å². The van der Waals surface area contributed by atoms with Crippen molar-refractivity contribution in [3.63, 3.8) is 0 Å². The molecule has 0 bridgehead atoms. The Bertz CT molecular complexity index is 552. The monoisotopic (exact) mass is 320 g/mol. The molecule has 4 nitrogen and oxygen atoms in total. The fraction of sp³-hybridized carbons (Fsp3) is 0.529. The summed E-state index contributed by atoms with van der Waals surface area (Å²) in [6.45, 7) is 7.00. The van der Waals surface area contributed by atoms with Gasteiger partial charge < -0.3 is 10.2 Å². The molecule has 5 heteroatoms. The van der Waals surface area contributed by atoms with Crippen molar-refractivity contribution in [2.24, 2.45) is 0 Å². The summed E-state index contributed by atoms with van der Waals surface area (Å²) in [5, 5.41) is 2.86. The minimum atomic E-state index is -0.0361. The molecule has 0 radical (unpaired) electrons. The molecule has 1 aliphatic heterocycles. The van der Waals surface area contributed by atoms with E-state index in [1.807, 2.05) is 36.0 Å². The number of thioether (sulfide) groups is 1. The summed E-state index contributed by atoms with van der Waals surface area (Å²) in [5.74, 6) is 1.03. The molecular formula is C17H24N2O2S. The molecule has 0 unspecified atom stereocenters. The highest BCUT2D eigenvalue weighted by Crippen LogP contribution is 2.29. The lowest BCUT2D eigenvalue weighted by atomic mass is 10.2. The van der Waals surface area contributed by atoms with E-state index in [0.717, 1.165) is 23.5 Å². The number of carbonyl (C=O) groups excluding carboxylic acids is 2. The molecule has 22 heavy (non-hydrogen) atoms. The van der Waals surface area contributed by atoms with Gasteiger partial charge in [0, 0.05) is 24.1 Å². The summed E-state index contributed by atoms with van der Waals surface area (Å²) in [4.78, 5) is 26.0. The molecule has 1 aromatic carbocycles. The van der Waals surface area contributed by atoms with Crippen LogP contribution in [-0.4, -0.2) is 28.9 Å².